The number of nitrogens with two attached hydrogens (primary N) is 2. The van der Waals surface area contributed by atoms with Gasteiger partial charge in [-0.05, 0) is 55.5 Å². The van der Waals surface area contributed by atoms with E-state index < -0.39 is 0 Å². The van der Waals surface area contributed by atoms with E-state index in [2.05, 4.69) is 0 Å². The first-order valence-corrected chi connectivity index (χ1v) is 9.01. The predicted octanol–water partition coefficient (Wildman–Crippen LogP) is 4.73. The highest BCUT2D eigenvalue weighted by Gasteiger charge is 2.14. The first-order valence-electron chi connectivity index (χ1n) is 9.01. The van der Waals surface area contributed by atoms with Crippen molar-refractivity contribution in [1.29, 1.82) is 0 Å². The fourth-order valence-corrected chi connectivity index (χ4v) is 3.11. The van der Waals surface area contributed by atoms with E-state index in [4.69, 9.17) is 25.4 Å². The average Bonchev–Trinajstić information content (AvgIpc) is 2.73. The molecule has 0 saturated heterocycles. The van der Waals surface area contributed by atoms with E-state index in [1.165, 1.54) is 0 Å². The lowest BCUT2D eigenvalue weighted by atomic mass is 10.1. The molecule has 0 spiro atoms. The number of fused-ring (bicyclic) bond motifs is 1. The van der Waals surface area contributed by atoms with Gasteiger partial charge in [-0.1, -0.05) is 0 Å². The largest absolute Gasteiger partial charge is 0.497 e. The molecule has 0 aliphatic carbocycles. The van der Waals surface area contributed by atoms with Gasteiger partial charge in [0.2, 0.25) is 0 Å². The van der Waals surface area contributed by atoms with Crippen LogP contribution >= 0.6 is 0 Å². The normalized spacial score (nSPS) is 10.8. The summed E-state index contributed by atoms with van der Waals surface area (Å²) in [6, 6.07) is 17.5. The summed E-state index contributed by atoms with van der Waals surface area (Å²) in [6.45, 7) is 1.75. The van der Waals surface area contributed by atoms with Gasteiger partial charge in [0.05, 0.1) is 18.2 Å². The average molecular weight is 388 g/mol. The van der Waals surface area contributed by atoms with E-state index in [9.17, 15) is 4.79 Å². The van der Waals surface area contributed by atoms with Crippen molar-refractivity contribution in [2.75, 3.05) is 18.6 Å². The zero-order valence-corrected chi connectivity index (χ0v) is 16.1. The van der Waals surface area contributed by atoms with E-state index >= 15 is 0 Å². The zero-order chi connectivity index (χ0) is 20.5. The number of ether oxygens (including phenoxy) is 2. The minimum absolute atomic E-state index is 0.0724. The highest BCUT2D eigenvalue weighted by Crippen LogP contribution is 2.32. The minimum Gasteiger partial charge on any atom is -0.497 e. The van der Waals surface area contributed by atoms with Crippen molar-refractivity contribution in [2.45, 2.75) is 6.92 Å². The van der Waals surface area contributed by atoms with Crippen molar-refractivity contribution in [3.05, 3.63) is 76.5 Å². The number of benzene rings is 3. The first kappa shape index (κ1) is 18.4. The van der Waals surface area contributed by atoms with E-state index in [0.717, 1.165) is 5.56 Å². The Morgan fingerprint density at radius 1 is 0.897 bits per heavy atom. The van der Waals surface area contributed by atoms with Crippen molar-refractivity contribution >= 4 is 22.3 Å². The smallest absolute Gasteiger partial charge is 0.196 e. The fraction of sp³-hybridized carbons (Fsp3) is 0.0870. The molecule has 0 amide bonds. The van der Waals surface area contributed by atoms with Crippen LogP contribution in [0.15, 0.2) is 69.9 Å². The topological polar surface area (TPSA) is 101 Å². The molecule has 0 aliphatic rings. The number of anilines is 2. The van der Waals surface area contributed by atoms with E-state index in [1.807, 2.05) is 12.1 Å². The van der Waals surface area contributed by atoms with Gasteiger partial charge in [0.15, 0.2) is 11.2 Å². The molecule has 0 aliphatic heterocycles. The lowest BCUT2D eigenvalue weighted by molar-refractivity contribution is 0.414. The van der Waals surface area contributed by atoms with Gasteiger partial charge in [-0.2, -0.15) is 0 Å². The Labute approximate surface area is 167 Å². The Hall–Kier alpha value is -3.93. The second-order valence-corrected chi connectivity index (χ2v) is 6.67. The van der Waals surface area contributed by atoms with Gasteiger partial charge >= 0.3 is 0 Å². The van der Waals surface area contributed by atoms with Crippen molar-refractivity contribution in [2.24, 2.45) is 0 Å². The molecule has 0 fully saturated rings. The van der Waals surface area contributed by atoms with Crippen LogP contribution in [0.4, 0.5) is 11.4 Å². The third kappa shape index (κ3) is 3.48. The van der Waals surface area contributed by atoms with Gasteiger partial charge in [0.1, 0.15) is 22.8 Å². The summed E-state index contributed by atoms with van der Waals surface area (Å²) in [6.07, 6.45) is 0. The molecule has 6 nitrogen and oxygen atoms in total. The van der Waals surface area contributed by atoms with Crippen LogP contribution in [0.25, 0.3) is 22.3 Å². The van der Waals surface area contributed by atoms with E-state index in [1.54, 1.807) is 62.6 Å². The maximum Gasteiger partial charge on any atom is 0.196 e. The van der Waals surface area contributed by atoms with Crippen molar-refractivity contribution in [3.8, 4) is 28.6 Å². The van der Waals surface area contributed by atoms with E-state index in [0.29, 0.717) is 50.9 Å². The Morgan fingerprint density at radius 2 is 1.62 bits per heavy atom. The fourth-order valence-electron chi connectivity index (χ4n) is 3.11. The van der Waals surface area contributed by atoms with Crippen LogP contribution in [-0.2, 0) is 0 Å². The molecule has 1 heterocycles. The molecular formula is C23H20N2O4. The number of rotatable bonds is 4. The van der Waals surface area contributed by atoms with Crippen molar-refractivity contribution in [3.63, 3.8) is 0 Å². The highest BCUT2D eigenvalue weighted by molar-refractivity contribution is 5.81. The van der Waals surface area contributed by atoms with Crippen LogP contribution in [0.2, 0.25) is 0 Å². The quantitative estimate of drug-likeness (QED) is 0.490. The molecule has 0 atom stereocenters. The molecule has 0 unspecified atom stereocenters. The highest BCUT2D eigenvalue weighted by atomic mass is 16.5. The predicted molar refractivity (Wildman–Crippen MR) is 115 cm³/mol. The standard InChI is InChI=1S/C23H20N2O4/c1-13-22(26)18-9-8-17(27-2)12-20(18)29-23(13)14-3-6-16(7-4-14)28-21-11-15(24)5-10-19(21)25/h3-12H,24-25H2,1-2H3. The molecule has 0 radical (unpaired) electrons. The van der Waals surface area contributed by atoms with E-state index in [-0.39, 0.29) is 5.43 Å². The second-order valence-electron chi connectivity index (χ2n) is 6.67. The van der Waals surface area contributed by atoms with Gasteiger partial charge in [0.25, 0.3) is 0 Å². The van der Waals surface area contributed by atoms with Gasteiger partial charge in [-0.25, -0.2) is 0 Å². The Bertz CT molecular complexity index is 1260. The summed E-state index contributed by atoms with van der Waals surface area (Å²) < 4.78 is 17.1. The Kier molecular flexibility index (Phi) is 4.60. The molecule has 29 heavy (non-hydrogen) atoms. The van der Waals surface area contributed by atoms with Crippen LogP contribution in [-0.4, -0.2) is 7.11 Å². The van der Waals surface area contributed by atoms with Crippen molar-refractivity contribution < 1.29 is 13.9 Å². The Morgan fingerprint density at radius 3 is 2.34 bits per heavy atom. The third-order valence-corrected chi connectivity index (χ3v) is 4.71. The second kappa shape index (κ2) is 7.24. The first-order chi connectivity index (χ1) is 14.0. The van der Waals surface area contributed by atoms with Crippen LogP contribution < -0.4 is 26.4 Å². The van der Waals surface area contributed by atoms with Crippen LogP contribution in [0.5, 0.6) is 17.2 Å². The number of nitrogen functional groups attached to an aromatic ring is 2. The molecule has 4 aromatic rings. The van der Waals surface area contributed by atoms with Gasteiger partial charge < -0.3 is 25.4 Å². The molecule has 6 heteroatoms. The lowest BCUT2D eigenvalue weighted by Crippen LogP contribution is -2.07. The maximum absolute atomic E-state index is 12.7. The molecule has 0 bridgehead atoms. The summed E-state index contributed by atoms with van der Waals surface area (Å²) >= 11 is 0. The summed E-state index contributed by atoms with van der Waals surface area (Å²) in [5.41, 5.74) is 14.5. The molecular weight excluding hydrogens is 368 g/mol. The van der Waals surface area contributed by atoms with Crippen LogP contribution in [0.3, 0.4) is 0 Å². The zero-order valence-electron chi connectivity index (χ0n) is 16.1. The molecule has 4 N–H and O–H groups in total. The molecule has 0 saturated carbocycles. The lowest BCUT2D eigenvalue weighted by Gasteiger charge is -2.11. The summed E-state index contributed by atoms with van der Waals surface area (Å²) in [7, 11) is 1.57. The summed E-state index contributed by atoms with van der Waals surface area (Å²) in [5.74, 6) is 2.21. The summed E-state index contributed by atoms with van der Waals surface area (Å²) in [4.78, 5) is 12.7. The van der Waals surface area contributed by atoms with Gasteiger partial charge in [0, 0.05) is 28.9 Å². The molecule has 3 aromatic carbocycles. The molecule has 4 rings (SSSR count). The Balaban J connectivity index is 1.72. The monoisotopic (exact) mass is 388 g/mol. The van der Waals surface area contributed by atoms with Crippen molar-refractivity contribution in [1.82, 2.24) is 0 Å². The van der Waals surface area contributed by atoms with Gasteiger partial charge in [-0.15, -0.1) is 0 Å². The summed E-state index contributed by atoms with van der Waals surface area (Å²) in [5, 5.41) is 0.518. The molecule has 1 aromatic heterocycles. The van der Waals surface area contributed by atoms with Crippen LogP contribution in [0.1, 0.15) is 5.56 Å². The maximum atomic E-state index is 12.7. The number of methoxy groups -OCH3 is 1. The van der Waals surface area contributed by atoms with Crippen LogP contribution in [0, 0.1) is 6.92 Å². The SMILES string of the molecule is COc1ccc2c(=O)c(C)c(-c3ccc(Oc4cc(N)ccc4N)cc3)oc2c1. The minimum atomic E-state index is -0.0724. The number of hydrogen-bond donors (Lipinski definition) is 2. The molecule has 146 valence electrons. The number of hydrogen-bond acceptors (Lipinski definition) is 6. The third-order valence-electron chi connectivity index (χ3n) is 4.71. The van der Waals surface area contributed by atoms with Gasteiger partial charge in [-0.3, -0.25) is 4.79 Å².